The fraction of sp³-hybridized carbons (Fsp3) is 0.397. The lowest BCUT2D eigenvalue weighted by Gasteiger charge is -2.21. The maximum atomic E-state index is 13.0. The largest absolute Gasteiger partial charge is 0.493 e. The number of pyridine rings is 1. The summed E-state index contributed by atoms with van der Waals surface area (Å²) in [4.78, 5) is 40.0. The van der Waals surface area contributed by atoms with Crippen LogP contribution in [0.5, 0.6) is 23.0 Å². The van der Waals surface area contributed by atoms with Gasteiger partial charge < -0.3 is 23.7 Å². The first-order valence-electron chi connectivity index (χ1n) is 24.1. The van der Waals surface area contributed by atoms with Gasteiger partial charge in [0.1, 0.15) is 13.2 Å². The van der Waals surface area contributed by atoms with Crippen molar-refractivity contribution in [3.8, 4) is 23.0 Å². The molecule has 0 N–H and O–H groups in total. The van der Waals surface area contributed by atoms with Gasteiger partial charge in [0.25, 0.3) is 0 Å². The van der Waals surface area contributed by atoms with Gasteiger partial charge in [-0.3, -0.25) is 19.8 Å². The van der Waals surface area contributed by atoms with Crippen LogP contribution in [-0.4, -0.2) is 51.0 Å². The molecule has 0 aliphatic carbocycles. The van der Waals surface area contributed by atoms with Gasteiger partial charge in [-0.2, -0.15) is 0 Å². The van der Waals surface area contributed by atoms with Crippen LogP contribution in [0.25, 0.3) is 5.57 Å². The average molecular weight is 924 g/mol. The Morgan fingerprint density at radius 2 is 1.24 bits per heavy atom. The molecule has 1 heterocycles. The van der Waals surface area contributed by atoms with E-state index in [0.717, 1.165) is 62.4 Å². The van der Waals surface area contributed by atoms with Crippen LogP contribution in [0.3, 0.4) is 0 Å². The minimum atomic E-state index is -0.537. The highest BCUT2D eigenvalue weighted by molar-refractivity contribution is 5.89. The number of esters is 1. The Bertz CT molecular complexity index is 2490. The number of allylic oxidation sites excluding steroid dienone is 1. The van der Waals surface area contributed by atoms with Gasteiger partial charge in [0, 0.05) is 41.6 Å². The highest BCUT2D eigenvalue weighted by Gasteiger charge is 2.20. The summed E-state index contributed by atoms with van der Waals surface area (Å²) in [5.74, 6) is 1.88. The predicted molar refractivity (Wildman–Crippen MR) is 278 cm³/mol. The monoisotopic (exact) mass is 924 g/mol. The number of aliphatic imine (C=N–C) groups is 2. The van der Waals surface area contributed by atoms with Crippen LogP contribution in [-0.2, 0) is 43.6 Å². The molecule has 0 aliphatic heterocycles. The lowest BCUT2D eigenvalue weighted by molar-refractivity contribution is 0.0600. The highest BCUT2D eigenvalue weighted by Crippen LogP contribution is 2.39. The van der Waals surface area contributed by atoms with E-state index in [0.29, 0.717) is 57.2 Å². The SMILES string of the molecule is C=C(C)c1cc(OC)c(OCc2cc(C(=O)OC)cc(COc3cc(N=CC(Cc4ccccc4CC)C(C)CC)c(C=O)cc3OC)n2)cc1N=CC(CCC)Cc1ccccc1CC.CC. The number of nitrogens with zero attached hydrogens (tertiary/aromatic N) is 3. The number of rotatable bonds is 25. The lowest BCUT2D eigenvalue weighted by atomic mass is 9.85. The van der Waals surface area contributed by atoms with Crippen molar-refractivity contribution < 1.29 is 33.3 Å². The van der Waals surface area contributed by atoms with E-state index in [2.05, 4.69) is 95.9 Å². The van der Waals surface area contributed by atoms with Crippen LogP contribution in [0.4, 0.5) is 11.4 Å². The summed E-state index contributed by atoms with van der Waals surface area (Å²) >= 11 is 0. The molecular weight excluding hydrogens is 851 g/mol. The quantitative estimate of drug-likeness (QED) is 0.0323. The van der Waals surface area contributed by atoms with Crippen molar-refractivity contribution in [3.05, 3.63) is 142 Å². The zero-order chi connectivity index (χ0) is 49.6. The van der Waals surface area contributed by atoms with Crippen LogP contribution in [0.2, 0.25) is 0 Å². The molecule has 3 unspecified atom stereocenters. The van der Waals surface area contributed by atoms with Gasteiger partial charge >= 0.3 is 5.97 Å². The van der Waals surface area contributed by atoms with Crippen LogP contribution >= 0.6 is 0 Å². The zero-order valence-electron chi connectivity index (χ0n) is 42.3. The van der Waals surface area contributed by atoms with E-state index in [1.165, 1.54) is 36.5 Å². The average Bonchev–Trinajstić information content (AvgIpc) is 3.37. The van der Waals surface area contributed by atoms with Crippen LogP contribution in [0.15, 0.2) is 101 Å². The van der Waals surface area contributed by atoms with Gasteiger partial charge in [-0.05, 0) is 103 Å². The molecule has 0 saturated carbocycles. The first kappa shape index (κ1) is 54.1. The molecule has 10 nitrogen and oxygen atoms in total. The summed E-state index contributed by atoms with van der Waals surface area (Å²) in [5, 5.41) is 0. The van der Waals surface area contributed by atoms with E-state index in [9.17, 15) is 9.59 Å². The maximum Gasteiger partial charge on any atom is 0.337 e. The van der Waals surface area contributed by atoms with Crippen LogP contribution < -0.4 is 18.9 Å². The lowest BCUT2D eigenvalue weighted by Crippen LogP contribution is -2.16. The standard InChI is InChI=1S/C56H67N3O7.C2H6/c1-11-19-39(24-42-22-17-15-20-40(42)13-3)32-57-51-31-55(53(63-9)29-49(51)37(5)6)66-36-48-27-44(56(61)64-10)26-47(59-48)35-65-54-30-50(46(34-60)28-52(54)62-8)58-33-45(38(7)12-2)25-43-23-18-16-21-41(43)14-4;1-2/h15-18,20-23,26-34,38-39,45H,5,11-14,19,24-25,35-36H2,1-4,6-10H3;1-2H3. The number of aldehydes is 1. The normalized spacial score (nSPS) is 12.5. The van der Waals surface area contributed by atoms with Gasteiger partial charge in [-0.15, -0.1) is 0 Å². The Kier molecular flexibility index (Phi) is 22.2. The van der Waals surface area contributed by atoms with Crippen LogP contribution in [0, 0.1) is 17.8 Å². The third kappa shape index (κ3) is 15.0. The molecule has 10 heteroatoms. The van der Waals surface area contributed by atoms with Gasteiger partial charge in [0.2, 0.25) is 0 Å². The van der Waals surface area contributed by atoms with E-state index in [1.807, 2.05) is 39.1 Å². The molecule has 4 aromatic carbocycles. The van der Waals surface area contributed by atoms with E-state index in [4.69, 9.17) is 38.7 Å². The van der Waals surface area contributed by atoms with Gasteiger partial charge in [-0.1, -0.05) is 116 Å². The zero-order valence-corrected chi connectivity index (χ0v) is 42.3. The third-order valence-corrected chi connectivity index (χ3v) is 12.1. The smallest absolute Gasteiger partial charge is 0.337 e. The second-order valence-electron chi connectivity index (χ2n) is 16.7. The topological polar surface area (TPSA) is 118 Å². The number of methoxy groups -OCH3 is 3. The molecule has 68 heavy (non-hydrogen) atoms. The number of benzene rings is 4. The molecule has 1 aromatic heterocycles. The number of hydrogen-bond donors (Lipinski definition) is 0. The van der Waals surface area contributed by atoms with Gasteiger partial charge in [0.05, 0.1) is 49.7 Å². The highest BCUT2D eigenvalue weighted by atomic mass is 16.5. The molecular formula is C58H73N3O7. The maximum absolute atomic E-state index is 13.0. The molecule has 0 spiro atoms. The Balaban J connectivity index is 0.00000497. The summed E-state index contributed by atoms with van der Waals surface area (Å²) < 4.78 is 29.3. The van der Waals surface area contributed by atoms with Crippen molar-refractivity contribution in [2.45, 2.75) is 114 Å². The first-order valence-corrected chi connectivity index (χ1v) is 24.1. The molecule has 0 radical (unpaired) electrons. The molecule has 5 aromatic rings. The molecule has 0 fully saturated rings. The summed E-state index contributed by atoms with van der Waals surface area (Å²) in [5.41, 5.74) is 9.73. The molecule has 3 atom stereocenters. The Morgan fingerprint density at radius 3 is 1.74 bits per heavy atom. The molecule has 0 amide bonds. The second kappa shape index (κ2) is 27.9. The van der Waals surface area contributed by atoms with E-state index < -0.39 is 5.97 Å². The van der Waals surface area contributed by atoms with Crippen molar-refractivity contribution in [1.82, 2.24) is 4.98 Å². The van der Waals surface area contributed by atoms with Crippen molar-refractivity contribution >= 4 is 41.6 Å². The minimum Gasteiger partial charge on any atom is -0.493 e. The summed E-state index contributed by atoms with van der Waals surface area (Å²) in [6.45, 7) is 21.1. The number of carbonyl (C=O) groups is 2. The van der Waals surface area contributed by atoms with E-state index in [-0.39, 0.29) is 30.6 Å². The Labute approximate surface area is 405 Å². The van der Waals surface area contributed by atoms with Gasteiger partial charge in [-0.25, -0.2) is 4.79 Å². The molecule has 0 bridgehead atoms. The van der Waals surface area contributed by atoms with Gasteiger partial charge in [0.15, 0.2) is 29.3 Å². The molecule has 0 aliphatic rings. The fourth-order valence-electron chi connectivity index (χ4n) is 8.06. The van der Waals surface area contributed by atoms with Crippen molar-refractivity contribution in [3.63, 3.8) is 0 Å². The van der Waals surface area contributed by atoms with Crippen molar-refractivity contribution in [2.24, 2.45) is 27.7 Å². The van der Waals surface area contributed by atoms with Crippen molar-refractivity contribution in [2.75, 3.05) is 21.3 Å². The number of aryl methyl sites for hydroxylation is 2. The van der Waals surface area contributed by atoms with Crippen molar-refractivity contribution in [1.29, 1.82) is 0 Å². The minimum absolute atomic E-state index is 0.00762. The fourth-order valence-corrected chi connectivity index (χ4v) is 8.06. The molecule has 5 rings (SSSR count). The number of hydrogen-bond acceptors (Lipinski definition) is 10. The summed E-state index contributed by atoms with van der Waals surface area (Å²) in [6.07, 6.45) is 11.5. The number of carbonyl (C=O) groups excluding carboxylic acids is 2. The third-order valence-electron chi connectivity index (χ3n) is 12.1. The predicted octanol–water partition coefficient (Wildman–Crippen LogP) is 14.0. The number of aromatic nitrogens is 1. The Hall–Kier alpha value is -6.55. The molecule has 362 valence electrons. The van der Waals surface area contributed by atoms with Crippen LogP contribution in [0.1, 0.15) is 135 Å². The second-order valence-corrected chi connectivity index (χ2v) is 16.7. The summed E-state index contributed by atoms with van der Waals surface area (Å²) in [7, 11) is 4.43. The summed E-state index contributed by atoms with van der Waals surface area (Å²) in [6, 6.07) is 27.4. The van der Waals surface area contributed by atoms with E-state index in [1.54, 1.807) is 31.4 Å². The number of ether oxygens (including phenoxy) is 5. The Morgan fingerprint density at radius 1 is 0.706 bits per heavy atom. The first-order chi connectivity index (χ1) is 33.0. The van der Waals surface area contributed by atoms with E-state index >= 15 is 0 Å². The molecule has 0 saturated heterocycles.